The number of primary amides is 1. The van der Waals surface area contributed by atoms with E-state index in [0.29, 0.717) is 5.56 Å². The van der Waals surface area contributed by atoms with E-state index in [1.54, 1.807) is 0 Å². The molecular formula is C11H12F4N2O. The number of carbonyl (C=O) groups is 1. The van der Waals surface area contributed by atoms with Gasteiger partial charge >= 0.3 is 12.3 Å². The maximum Gasteiger partial charge on any atom is 0.319 e. The third kappa shape index (κ3) is 3.99. The minimum absolute atomic E-state index is 0.00134. The number of hydrogen-bond donors (Lipinski definition) is 2. The lowest BCUT2D eigenvalue weighted by Crippen LogP contribution is -2.38. The molecule has 0 aliphatic carbocycles. The molecule has 18 heavy (non-hydrogen) atoms. The molecule has 0 atom stereocenters. The molecule has 0 saturated heterocycles. The highest BCUT2D eigenvalue weighted by atomic mass is 19.3. The zero-order chi connectivity index (χ0) is 13.8. The summed E-state index contributed by atoms with van der Waals surface area (Å²) in [6.45, 7) is -1.11. The minimum Gasteiger partial charge on any atom is -0.366 e. The second-order valence-corrected chi connectivity index (χ2v) is 3.73. The summed E-state index contributed by atoms with van der Waals surface area (Å²) in [5, 5.41) is 2.23. The van der Waals surface area contributed by atoms with Crippen molar-refractivity contribution >= 4 is 5.91 Å². The third-order valence-electron chi connectivity index (χ3n) is 2.25. The van der Waals surface area contributed by atoms with Crippen LogP contribution >= 0.6 is 0 Å². The number of halogens is 4. The Labute approximate surface area is 101 Å². The van der Waals surface area contributed by atoms with Crippen LogP contribution in [0.1, 0.15) is 15.9 Å². The van der Waals surface area contributed by atoms with Gasteiger partial charge in [0.05, 0.1) is 6.54 Å². The lowest BCUT2D eigenvalue weighted by molar-refractivity contribution is -0.125. The summed E-state index contributed by atoms with van der Waals surface area (Å²) in [6, 6.07) is 5.89. The van der Waals surface area contributed by atoms with Gasteiger partial charge in [-0.05, 0) is 17.7 Å². The van der Waals surface area contributed by atoms with Crippen molar-refractivity contribution in [2.75, 3.05) is 6.54 Å². The van der Waals surface area contributed by atoms with Crippen molar-refractivity contribution in [2.24, 2.45) is 5.73 Å². The van der Waals surface area contributed by atoms with Crippen molar-refractivity contribution in [2.45, 2.75) is 18.9 Å². The first-order valence-electron chi connectivity index (χ1n) is 5.08. The summed E-state index contributed by atoms with van der Waals surface area (Å²) in [5.74, 6) is -4.65. The van der Waals surface area contributed by atoms with Crippen LogP contribution in [0.4, 0.5) is 17.6 Å². The van der Waals surface area contributed by atoms with Gasteiger partial charge in [0.2, 0.25) is 5.91 Å². The Kier molecular flexibility index (Phi) is 4.66. The molecule has 0 radical (unpaired) electrons. The summed E-state index contributed by atoms with van der Waals surface area (Å²) in [5.41, 5.74) is 5.89. The van der Waals surface area contributed by atoms with Crippen LogP contribution in [0, 0.1) is 0 Å². The van der Waals surface area contributed by atoms with Crippen LogP contribution in [0.25, 0.3) is 0 Å². The third-order valence-corrected chi connectivity index (χ3v) is 2.25. The topological polar surface area (TPSA) is 55.1 Å². The standard InChI is InChI=1S/C11H12F4N2O/c12-10(13)11(14,15)6-17-5-7-1-3-8(4-2-7)9(16)18/h1-4,10,17H,5-6H2,(H2,16,18). The number of amides is 1. The van der Waals surface area contributed by atoms with Gasteiger partial charge in [-0.3, -0.25) is 4.79 Å². The molecule has 0 heterocycles. The van der Waals surface area contributed by atoms with E-state index in [1.165, 1.54) is 24.3 Å². The lowest BCUT2D eigenvalue weighted by atomic mass is 10.1. The van der Waals surface area contributed by atoms with Crippen LogP contribution in [0.15, 0.2) is 24.3 Å². The number of rotatable bonds is 6. The van der Waals surface area contributed by atoms with Crippen molar-refractivity contribution in [1.29, 1.82) is 0 Å². The van der Waals surface area contributed by atoms with E-state index in [4.69, 9.17) is 5.73 Å². The molecule has 0 bridgehead atoms. The van der Waals surface area contributed by atoms with E-state index in [-0.39, 0.29) is 12.1 Å². The molecule has 0 spiro atoms. The summed E-state index contributed by atoms with van der Waals surface area (Å²) in [6.07, 6.45) is -3.69. The number of alkyl halides is 4. The fraction of sp³-hybridized carbons (Fsp3) is 0.364. The maximum atomic E-state index is 12.5. The number of nitrogens with two attached hydrogens (primary N) is 1. The average Bonchev–Trinajstić information content (AvgIpc) is 2.29. The minimum atomic E-state index is -4.05. The SMILES string of the molecule is NC(=O)c1ccc(CNCC(F)(F)C(F)F)cc1. The van der Waals surface area contributed by atoms with E-state index in [9.17, 15) is 22.4 Å². The van der Waals surface area contributed by atoms with Crippen LogP contribution in [-0.4, -0.2) is 24.8 Å². The van der Waals surface area contributed by atoms with Crippen LogP contribution in [0.3, 0.4) is 0 Å². The quantitative estimate of drug-likeness (QED) is 0.769. The lowest BCUT2D eigenvalue weighted by Gasteiger charge is -2.15. The second kappa shape index (κ2) is 5.81. The summed E-state index contributed by atoms with van der Waals surface area (Å²) >= 11 is 0. The van der Waals surface area contributed by atoms with Crippen LogP contribution in [-0.2, 0) is 6.54 Å². The molecule has 7 heteroatoms. The predicted molar refractivity (Wildman–Crippen MR) is 57.6 cm³/mol. The van der Waals surface area contributed by atoms with Crippen LogP contribution in [0.5, 0.6) is 0 Å². The average molecular weight is 264 g/mol. The van der Waals surface area contributed by atoms with E-state index < -0.39 is 24.8 Å². The first-order valence-corrected chi connectivity index (χ1v) is 5.08. The fourth-order valence-corrected chi connectivity index (χ4v) is 1.24. The highest BCUT2D eigenvalue weighted by Gasteiger charge is 2.39. The van der Waals surface area contributed by atoms with Crippen molar-refractivity contribution in [3.63, 3.8) is 0 Å². The largest absolute Gasteiger partial charge is 0.366 e. The molecular weight excluding hydrogens is 252 g/mol. The van der Waals surface area contributed by atoms with Crippen LogP contribution in [0.2, 0.25) is 0 Å². The maximum absolute atomic E-state index is 12.5. The van der Waals surface area contributed by atoms with Gasteiger partial charge in [-0.1, -0.05) is 12.1 Å². The van der Waals surface area contributed by atoms with E-state index in [0.717, 1.165) is 0 Å². The molecule has 1 aromatic rings. The monoisotopic (exact) mass is 264 g/mol. The molecule has 0 aliphatic rings. The Morgan fingerprint density at radius 2 is 1.83 bits per heavy atom. The molecule has 0 aromatic heterocycles. The summed E-state index contributed by atoms with van der Waals surface area (Å²) in [4.78, 5) is 10.8. The van der Waals surface area contributed by atoms with Gasteiger partial charge in [-0.25, -0.2) is 8.78 Å². The van der Waals surface area contributed by atoms with Crippen molar-refractivity contribution in [3.05, 3.63) is 35.4 Å². The van der Waals surface area contributed by atoms with E-state index >= 15 is 0 Å². The van der Waals surface area contributed by atoms with Crippen LogP contribution < -0.4 is 11.1 Å². The normalized spacial score (nSPS) is 11.8. The number of nitrogens with one attached hydrogen (secondary N) is 1. The Morgan fingerprint density at radius 1 is 1.28 bits per heavy atom. The van der Waals surface area contributed by atoms with Crippen molar-refractivity contribution in [1.82, 2.24) is 5.32 Å². The van der Waals surface area contributed by atoms with Crippen molar-refractivity contribution in [3.8, 4) is 0 Å². The zero-order valence-corrected chi connectivity index (χ0v) is 9.30. The molecule has 100 valence electrons. The Balaban J connectivity index is 2.47. The molecule has 0 aliphatic heterocycles. The first kappa shape index (κ1) is 14.4. The first-order chi connectivity index (χ1) is 8.33. The highest BCUT2D eigenvalue weighted by molar-refractivity contribution is 5.92. The van der Waals surface area contributed by atoms with Gasteiger partial charge < -0.3 is 11.1 Å². The van der Waals surface area contributed by atoms with E-state index in [2.05, 4.69) is 5.32 Å². The molecule has 0 saturated carbocycles. The summed E-state index contributed by atoms with van der Waals surface area (Å²) in [7, 11) is 0. The predicted octanol–water partition coefficient (Wildman–Crippen LogP) is 1.78. The molecule has 3 N–H and O–H groups in total. The Morgan fingerprint density at radius 3 is 2.28 bits per heavy atom. The smallest absolute Gasteiger partial charge is 0.319 e. The van der Waals surface area contributed by atoms with Gasteiger partial charge in [-0.15, -0.1) is 0 Å². The number of carbonyl (C=O) groups excluding carboxylic acids is 1. The summed E-state index contributed by atoms with van der Waals surface area (Å²) < 4.78 is 48.8. The second-order valence-electron chi connectivity index (χ2n) is 3.73. The molecule has 0 fully saturated rings. The number of hydrogen-bond acceptors (Lipinski definition) is 2. The van der Waals surface area contributed by atoms with E-state index in [1.807, 2.05) is 0 Å². The Hall–Kier alpha value is -1.63. The van der Waals surface area contributed by atoms with Gasteiger partial charge in [-0.2, -0.15) is 8.78 Å². The fourth-order valence-electron chi connectivity index (χ4n) is 1.24. The molecule has 3 nitrogen and oxygen atoms in total. The van der Waals surface area contributed by atoms with Gasteiger partial charge in [0, 0.05) is 12.1 Å². The zero-order valence-electron chi connectivity index (χ0n) is 9.30. The van der Waals surface area contributed by atoms with Gasteiger partial charge in [0.15, 0.2) is 0 Å². The van der Waals surface area contributed by atoms with Gasteiger partial charge in [0.1, 0.15) is 0 Å². The number of benzene rings is 1. The molecule has 1 aromatic carbocycles. The molecule has 0 unspecified atom stereocenters. The highest BCUT2D eigenvalue weighted by Crippen LogP contribution is 2.21. The van der Waals surface area contributed by atoms with Crippen molar-refractivity contribution < 1.29 is 22.4 Å². The Bertz CT molecular complexity index is 406. The molecule has 1 rings (SSSR count). The van der Waals surface area contributed by atoms with Gasteiger partial charge in [0.25, 0.3) is 0 Å². The molecule has 1 amide bonds.